The van der Waals surface area contributed by atoms with Crippen LogP contribution in [0.25, 0.3) is 11.0 Å². The van der Waals surface area contributed by atoms with Crippen molar-refractivity contribution in [2.24, 2.45) is 0 Å². The van der Waals surface area contributed by atoms with Crippen LogP contribution in [-0.2, 0) is 11.3 Å². The first-order valence-corrected chi connectivity index (χ1v) is 9.33. The number of furan rings is 1. The molecule has 1 aromatic carbocycles. The number of likely N-dealkylation sites (tertiary alicyclic amines) is 1. The number of nitrogens with one attached hydrogen (secondary N) is 1. The minimum atomic E-state index is -0.249. The second-order valence-electron chi connectivity index (χ2n) is 6.80. The molecule has 1 unspecified atom stereocenters. The molecule has 142 valence electrons. The molecule has 1 N–H and O–H groups in total. The Morgan fingerprint density at radius 2 is 2.19 bits per heavy atom. The van der Waals surface area contributed by atoms with Gasteiger partial charge >= 0.3 is 6.09 Å². The van der Waals surface area contributed by atoms with Gasteiger partial charge in [-0.1, -0.05) is 12.1 Å². The van der Waals surface area contributed by atoms with Gasteiger partial charge < -0.3 is 23.9 Å². The fourth-order valence-electron chi connectivity index (χ4n) is 3.51. The van der Waals surface area contributed by atoms with E-state index in [2.05, 4.69) is 16.0 Å². The first kappa shape index (κ1) is 17.5. The summed E-state index contributed by atoms with van der Waals surface area (Å²) in [5.74, 6) is 2.57. The number of hydrogen-bond acceptors (Lipinski definition) is 5. The molecule has 1 saturated heterocycles. The van der Waals surface area contributed by atoms with Gasteiger partial charge in [-0.2, -0.15) is 0 Å². The van der Waals surface area contributed by atoms with Crippen LogP contribution in [0.15, 0.2) is 40.8 Å². The molecule has 1 fully saturated rings. The number of imidazole rings is 1. The van der Waals surface area contributed by atoms with Gasteiger partial charge in [-0.15, -0.1) is 0 Å². The van der Waals surface area contributed by atoms with Crippen LogP contribution < -0.4 is 5.32 Å². The number of aromatic nitrogens is 2. The number of ether oxygens (including phenoxy) is 1. The zero-order valence-corrected chi connectivity index (χ0v) is 15.6. The van der Waals surface area contributed by atoms with Crippen molar-refractivity contribution in [1.29, 1.82) is 0 Å². The molecule has 1 atom stereocenters. The van der Waals surface area contributed by atoms with Gasteiger partial charge in [-0.05, 0) is 44.5 Å². The van der Waals surface area contributed by atoms with E-state index in [1.165, 1.54) is 0 Å². The summed E-state index contributed by atoms with van der Waals surface area (Å²) in [6.07, 6.45) is 0.614. The topological polar surface area (TPSA) is 72.5 Å². The molecule has 3 aromatic rings. The maximum absolute atomic E-state index is 11.9. The molecule has 27 heavy (non-hydrogen) atoms. The lowest BCUT2D eigenvalue weighted by Crippen LogP contribution is -2.32. The van der Waals surface area contributed by atoms with Gasteiger partial charge in [-0.3, -0.25) is 0 Å². The van der Waals surface area contributed by atoms with Crippen LogP contribution in [0.3, 0.4) is 0 Å². The van der Waals surface area contributed by atoms with E-state index in [0.29, 0.717) is 26.2 Å². The molecule has 0 spiro atoms. The summed E-state index contributed by atoms with van der Waals surface area (Å²) in [5, 5.41) is 3.51. The number of benzene rings is 1. The molecule has 0 radical (unpaired) electrons. The molecule has 7 heteroatoms. The van der Waals surface area contributed by atoms with E-state index in [1.807, 2.05) is 44.2 Å². The second kappa shape index (κ2) is 7.34. The van der Waals surface area contributed by atoms with Crippen LogP contribution >= 0.6 is 0 Å². The molecule has 1 amide bonds. The number of amides is 1. The van der Waals surface area contributed by atoms with Gasteiger partial charge in [0.15, 0.2) is 0 Å². The van der Waals surface area contributed by atoms with Crippen molar-refractivity contribution in [2.75, 3.05) is 25.0 Å². The fourth-order valence-corrected chi connectivity index (χ4v) is 3.51. The van der Waals surface area contributed by atoms with Crippen LogP contribution in [0.4, 0.5) is 10.7 Å². The Kier molecular flexibility index (Phi) is 4.75. The van der Waals surface area contributed by atoms with E-state index in [1.54, 1.807) is 4.90 Å². The lowest BCUT2D eigenvalue weighted by atomic mass is 10.3. The van der Waals surface area contributed by atoms with E-state index in [4.69, 9.17) is 14.1 Å². The lowest BCUT2D eigenvalue weighted by Gasteiger charge is -2.17. The standard InChI is InChI=1S/C20H24N4O3/c1-3-26-20(25)23-11-10-15(12-23)21-19-22-17-6-4-5-7-18(17)24(19)13-16-9-8-14(2)27-16/h4-9,15H,3,10-13H2,1-2H3,(H,21,22). The normalized spacial score (nSPS) is 16.8. The number of para-hydroxylation sites is 2. The zero-order chi connectivity index (χ0) is 18.8. The summed E-state index contributed by atoms with van der Waals surface area (Å²) in [5.41, 5.74) is 1.98. The van der Waals surface area contributed by atoms with E-state index in [-0.39, 0.29) is 12.1 Å². The second-order valence-corrected chi connectivity index (χ2v) is 6.80. The average molecular weight is 368 g/mol. The van der Waals surface area contributed by atoms with E-state index in [9.17, 15) is 4.79 Å². The highest BCUT2D eigenvalue weighted by Gasteiger charge is 2.28. The number of hydrogen-bond donors (Lipinski definition) is 1. The Labute approximate surface area is 157 Å². The van der Waals surface area contributed by atoms with Gasteiger partial charge in [0, 0.05) is 19.1 Å². The van der Waals surface area contributed by atoms with Gasteiger partial charge in [0.25, 0.3) is 0 Å². The Bertz CT molecular complexity index is 946. The summed E-state index contributed by atoms with van der Waals surface area (Å²) in [4.78, 5) is 18.4. The number of rotatable bonds is 5. The molecular weight excluding hydrogens is 344 g/mol. The number of carbonyl (C=O) groups is 1. The summed E-state index contributed by atoms with van der Waals surface area (Å²) < 4.78 is 13.0. The van der Waals surface area contributed by atoms with Gasteiger partial charge in [0.1, 0.15) is 11.5 Å². The molecule has 7 nitrogen and oxygen atoms in total. The fraction of sp³-hybridized carbons (Fsp3) is 0.400. The molecule has 0 saturated carbocycles. The van der Waals surface area contributed by atoms with Crippen molar-refractivity contribution in [3.8, 4) is 0 Å². The molecule has 2 aromatic heterocycles. The summed E-state index contributed by atoms with van der Waals surface area (Å²) >= 11 is 0. The van der Waals surface area contributed by atoms with Crippen molar-refractivity contribution in [1.82, 2.24) is 14.5 Å². The number of fused-ring (bicyclic) bond motifs is 1. The molecule has 1 aliphatic rings. The van der Waals surface area contributed by atoms with Crippen LogP contribution in [0.5, 0.6) is 0 Å². The highest BCUT2D eigenvalue weighted by Crippen LogP contribution is 2.24. The predicted octanol–water partition coefficient (Wildman–Crippen LogP) is 3.63. The third-order valence-corrected chi connectivity index (χ3v) is 4.81. The third-order valence-electron chi connectivity index (χ3n) is 4.81. The third kappa shape index (κ3) is 3.63. The van der Waals surface area contributed by atoms with Crippen molar-refractivity contribution >= 4 is 23.1 Å². The smallest absolute Gasteiger partial charge is 0.409 e. The van der Waals surface area contributed by atoms with Crippen molar-refractivity contribution < 1.29 is 13.9 Å². The largest absolute Gasteiger partial charge is 0.464 e. The van der Waals surface area contributed by atoms with E-state index in [0.717, 1.165) is 34.9 Å². The highest BCUT2D eigenvalue weighted by atomic mass is 16.6. The van der Waals surface area contributed by atoms with Gasteiger partial charge in [-0.25, -0.2) is 9.78 Å². The summed E-state index contributed by atoms with van der Waals surface area (Å²) in [6, 6.07) is 12.2. The first-order valence-electron chi connectivity index (χ1n) is 9.33. The molecular formula is C20H24N4O3. The van der Waals surface area contributed by atoms with Crippen LogP contribution in [0.2, 0.25) is 0 Å². The molecule has 0 bridgehead atoms. The van der Waals surface area contributed by atoms with E-state index >= 15 is 0 Å². The number of aryl methyl sites for hydroxylation is 1. The first-order chi connectivity index (χ1) is 13.1. The van der Waals surface area contributed by atoms with Gasteiger partial charge in [0.2, 0.25) is 5.95 Å². The van der Waals surface area contributed by atoms with Crippen molar-refractivity contribution in [3.63, 3.8) is 0 Å². The Morgan fingerprint density at radius 3 is 2.96 bits per heavy atom. The lowest BCUT2D eigenvalue weighted by molar-refractivity contribution is 0.115. The number of nitrogens with zero attached hydrogens (tertiary/aromatic N) is 3. The van der Waals surface area contributed by atoms with E-state index < -0.39 is 0 Å². The summed E-state index contributed by atoms with van der Waals surface area (Å²) in [6.45, 7) is 6.06. The minimum absolute atomic E-state index is 0.142. The highest BCUT2D eigenvalue weighted by molar-refractivity contribution is 5.78. The molecule has 3 heterocycles. The number of anilines is 1. The predicted molar refractivity (Wildman–Crippen MR) is 103 cm³/mol. The van der Waals surface area contributed by atoms with Crippen LogP contribution in [0.1, 0.15) is 24.9 Å². The Hall–Kier alpha value is -2.96. The zero-order valence-electron chi connectivity index (χ0n) is 15.6. The number of carbonyl (C=O) groups excluding carboxylic acids is 1. The molecule has 0 aliphatic carbocycles. The van der Waals surface area contributed by atoms with Crippen LogP contribution in [-0.4, -0.2) is 46.3 Å². The van der Waals surface area contributed by atoms with Crippen molar-refractivity contribution in [3.05, 3.63) is 47.9 Å². The average Bonchev–Trinajstić information content (AvgIpc) is 3.36. The molecule has 4 rings (SSSR count). The van der Waals surface area contributed by atoms with Crippen molar-refractivity contribution in [2.45, 2.75) is 32.9 Å². The molecule has 1 aliphatic heterocycles. The maximum Gasteiger partial charge on any atom is 0.409 e. The maximum atomic E-state index is 11.9. The Morgan fingerprint density at radius 1 is 1.33 bits per heavy atom. The minimum Gasteiger partial charge on any atom is -0.464 e. The Balaban J connectivity index is 1.56. The quantitative estimate of drug-likeness (QED) is 0.744. The van der Waals surface area contributed by atoms with Crippen LogP contribution in [0, 0.1) is 6.92 Å². The summed E-state index contributed by atoms with van der Waals surface area (Å²) in [7, 11) is 0. The monoisotopic (exact) mass is 368 g/mol. The van der Waals surface area contributed by atoms with Gasteiger partial charge in [0.05, 0.1) is 24.2 Å². The SMILES string of the molecule is CCOC(=O)N1CCC(Nc2nc3ccccc3n2Cc2ccc(C)o2)C1.